The predicted molar refractivity (Wildman–Crippen MR) is 46.6 cm³/mol. The Hall–Kier alpha value is -1.91. The molecule has 0 aromatic heterocycles. The Bertz CT molecular complexity index is 375. The molecule has 0 fully saturated rings. The first-order chi connectivity index (χ1) is 6.27. The van der Waals surface area contributed by atoms with Crippen molar-refractivity contribution in [3.05, 3.63) is 45.5 Å². The van der Waals surface area contributed by atoms with Gasteiger partial charge in [-0.1, -0.05) is 24.3 Å². The van der Waals surface area contributed by atoms with E-state index in [4.69, 9.17) is 0 Å². The van der Waals surface area contributed by atoms with Gasteiger partial charge in [-0.15, -0.1) is 0 Å². The van der Waals surface area contributed by atoms with Gasteiger partial charge in [0, 0.05) is 15.8 Å². The molecular weight excluding hydrogens is 170 g/mol. The molecule has 66 valence electrons. The normalized spacial score (nSPS) is 14.0. The number of fused-ring (bicyclic) bond motifs is 1. The average Bonchev–Trinajstić information content (AvgIpc) is 2.17. The van der Waals surface area contributed by atoms with Gasteiger partial charge in [-0.3, -0.25) is 0 Å². The molecule has 1 aliphatic heterocycles. The number of nitro groups is 1. The highest BCUT2D eigenvalue weighted by atomic mass is 16.7. The Balaban J connectivity index is 2.34. The summed E-state index contributed by atoms with van der Waals surface area (Å²) in [5, 5.41) is 14.4. The highest BCUT2D eigenvalue weighted by Gasteiger charge is 2.19. The second-order valence-electron chi connectivity index (χ2n) is 2.71. The highest BCUT2D eigenvalue weighted by molar-refractivity contribution is 5.82. The molecule has 0 unspecified atom stereocenters. The third kappa shape index (κ3) is 1.35. The van der Waals surface area contributed by atoms with Crippen LogP contribution in [0.25, 0.3) is 0 Å². The minimum Gasteiger partial charge on any atom is -0.339 e. The Morgan fingerprint density at radius 2 is 2.23 bits per heavy atom. The largest absolute Gasteiger partial charge is 0.339 e. The van der Waals surface area contributed by atoms with Gasteiger partial charge in [0.15, 0.2) is 6.21 Å². The van der Waals surface area contributed by atoms with Crippen LogP contribution in [0.2, 0.25) is 0 Å². The van der Waals surface area contributed by atoms with Crippen LogP contribution in [0.1, 0.15) is 11.1 Å². The van der Waals surface area contributed by atoms with Crippen LogP contribution < -0.4 is 0 Å². The number of rotatable bonds is 1. The highest BCUT2D eigenvalue weighted by Crippen LogP contribution is 2.14. The summed E-state index contributed by atoms with van der Waals surface area (Å²) in [4.78, 5) is 10.4. The van der Waals surface area contributed by atoms with Crippen LogP contribution >= 0.6 is 0 Å². The molecule has 0 bridgehead atoms. The first-order valence-electron chi connectivity index (χ1n) is 3.81. The summed E-state index contributed by atoms with van der Waals surface area (Å²) in [5.41, 5.74) is 1.87. The van der Waals surface area contributed by atoms with E-state index in [0.29, 0.717) is 0 Å². The fourth-order valence-corrected chi connectivity index (χ4v) is 1.23. The van der Waals surface area contributed by atoms with Crippen molar-refractivity contribution in [2.75, 3.05) is 0 Å². The molecule has 1 aromatic rings. The summed E-state index contributed by atoms with van der Waals surface area (Å²) in [6.45, 7) is 0.236. The summed E-state index contributed by atoms with van der Waals surface area (Å²) >= 11 is 0. The molecule has 0 saturated carbocycles. The first kappa shape index (κ1) is 7.72. The van der Waals surface area contributed by atoms with Gasteiger partial charge in [0.2, 0.25) is 0 Å². The van der Waals surface area contributed by atoms with E-state index in [1.54, 1.807) is 0 Å². The molecular formula is C8H7N3O2. The standard InChI is InChI=1S/C8H7N3O2/c12-11(13)10-6-8-4-2-1-3-7(8)5-9-10/h1-5H,6H2. The Morgan fingerprint density at radius 1 is 1.46 bits per heavy atom. The van der Waals surface area contributed by atoms with Crippen molar-refractivity contribution in [1.82, 2.24) is 5.12 Å². The van der Waals surface area contributed by atoms with E-state index in [1.807, 2.05) is 24.3 Å². The summed E-state index contributed by atoms with van der Waals surface area (Å²) in [7, 11) is 0. The number of hydrogen-bond acceptors (Lipinski definition) is 3. The average molecular weight is 177 g/mol. The zero-order chi connectivity index (χ0) is 9.26. The van der Waals surface area contributed by atoms with Gasteiger partial charge in [0.1, 0.15) is 6.54 Å². The molecule has 2 rings (SSSR count). The lowest BCUT2D eigenvalue weighted by Crippen LogP contribution is -2.27. The number of hydrazine groups is 1. The number of benzene rings is 1. The summed E-state index contributed by atoms with van der Waals surface area (Å²) in [6, 6.07) is 7.48. The Morgan fingerprint density at radius 3 is 3.00 bits per heavy atom. The fraction of sp³-hybridized carbons (Fsp3) is 0.125. The zero-order valence-corrected chi connectivity index (χ0v) is 6.75. The number of hydrogen-bond donors (Lipinski definition) is 0. The smallest absolute Gasteiger partial charge is 0.173 e. The van der Waals surface area contributed by atoms with Crippen molar-refractivity contribution in [3.8, 4) is 0 Å². The Kier molecular flexibility index (Phi) is 1.70. The summed E-state index contributed by atoms with van der Waals surface area (Å²) in [6.07, 6.45) is 1.50. The molecule has 0 saturated heterocycles. The Labute approximate surface area is 74.4 Å². The second kappa shape index (κ2) is 2.85. The van der Waals surface area contributed by atoms with Crippen LogP contribution in [0, 0.1) is 10.1 Å². The molecule has 1 aliphatic rings. The summed E-state index contributed by atoms with van der Waals surface area (Å²) in [5.74, 6) is 0. The second-order valence-corrected chi connectivity index (χ2v) is 2.71. The molecule has 0 atom stereocenters. The predicted octanol–water partition coefficient (Wildman–Crippen LogP) is 1.03. The van der Waals surface area contributed by atoms with Gasteiger partial charge < -0.3 is 10.1 Å². The first-order valence-corrected chi connectivity index (χ1v) is 3.81. The number of nitrogens with zero attached hydrogens (tertiary/aromatic N) is 3. The summed E-state index contributed by atoms with van der Waals surface area (Å²) < 4.78 is 0. The molecule has 0 amide bonds. The van der Waals surface area contributed by atoms with Crippen LogP contribution in [0.4, 0.5) is 0 Å². The number of hydrazone groups is 1. The molecule has 0 aliphatic carbocycles. The van der Waals surface area contributed by atoms with E-state index in [0.717, 1.165) is 16.2 Å². The van der Waals surface area contributed by atoms with Crippen molar-refractivity contribution < 1.29 is 5.03 Å². The van der Waals surface area contributed by atoms with Gasteiger partial charge in [0.05, 0.1) is 5.03 Å². The molecule has 5 heteroatoms. The van der Waals surface area contributed by atoms with Gasteiger partial charge in [-0.25, -0.2) is 0 Å². The van der Waals surface area contributed by atoms with Crippen molar-refractivity contribution >= 4 is 6.21 Å². The topological polar surface area (TPSA) is 58.7 Å². The van der Waals surface area contributed by atoms with Crippen LogP contribution in [0.5, 0.6) is 0 Å². The van der Waals surface area contributed by atoms with E-state index in [1.165, 1.54) is 6.21 Å². The third-order valence-corrected chi connectivity index (χ3v) is 1.89. The third-order valence-electron chi connectivity index (χ3n) is 1.89. The lowest BCUT2D eigenvalue weighted by atomic mass is 10.1. The minimum absolute atomic E-state index is 0.236. The van der Waals surface area contributed by atoms with E-state index in [2.05, 4.69) is 5.10 Å². The van der Waals surface area contributed by atoms with E-state index in [9.17, 15) is 10.1 Å². The maximum absolute atomic E-state index is 10.4. The fourth-order valence-electron chi connectivity index (χ4n) is 1.23. The van der Waals surface area contributed by atoms with Gasteiger partial charge >= 0.3 is 0 Å². The van der Waals surface area contributed by atoms with Crippen LogP contribution in [-0.4, -0.2) is 16.4 Å². The van der Waals surface area contributed by atoms with Crippen molar-refractivity contribution in [3.63, 3.8) is 0 Å². The molecule has 5 nitrogen and oxygen atoms in total. The van der Waals surface area contributed by atoms with Crippen LogP contribution in [-0.2, 0) is 6.54 Å². The zero-order valence-electron chi connectivity index (χ0n) is 6.75. The molecule has 0 N–H and O–H groups in total. The molecule has 0 spiro atoms. The maximum Gasteiger partial charge on any atom is 0.173 e. The van der Waals surface area contributed by atoms with E-state index < -0.39 is 5.03 Å². The molecule has 0 radical (unpaired) electrons. The van der Waals surface area contributed by atoms with Gasteiger partial charge in [-0.05, 0) is 5.56 Å². The van der Waals surface area contributed by atoms with Crippen LogP contribution in [0.3, 0.4) is 0 Å². The van der Waals surface area contributed by atoms with Gasteiger partial charge in [0.25, 0.3) is 0 Å². The van der Waals surface area contributed by atoms with Gasteiger partial charge in [-0.2, -0.15) is 0 Å². The lowest BCUT2D eigenvalue weighted by Gasteiger charge is -2.13. The monoisotopic (exact) mass is 177 g/mol. The van der Waals surface area contributed by atoms with Crippen LogP contribution in [0.15, 0.2) is 29.4 Å². The quantitative estimate of drug-likeness (QED) is 0.475. The lowest BCUT2D eigenvalue weighted by molar-refractivity contribution is -0.661. The SMILES string of the molecule is O=[N+]([O-])N1Cc2ccccc2C=N1. The van der Waals surface area contributed by atoms with Crippen molar-refractivity contribution in [2.45, 2.75) is 6.54 Å². The van der Waals surface area contributed by atoms with Crippen molar-refractivity contribution in [1.29, 1.82) is 0 Å². The minimum atomic E-state index is -0.521. The molecule has 1 heterocycles. The van der Waals surface area contributed by atoms with E-state index >= 15 is 0 Å². The van der Waals surface area contributed by atoms with E-state index in [-0.39, 0.29) is 6.54 Å². The molecule has 13 heavy (non-hydrogen) atoms. The molecule has 1 aromatic carbocycles. The van der Waals surface area contributed by atoms with Crippen molar-refractivity contribution in [2.24, 2.45) is 5.10 Å². The maximum atomic E-state index is 10.4.